The number of hydrogen-bond acceptors (Lipinski definition) is 2. The topological polar surface area (TPSA) is 76.0 Å². The number of rotatable bonds is 2. The molecular weight excluding hydrogens is 194 g/mol. The Bertz CT molecular complexity index is 426. The summed E-state index contributed by atoms with van der Waals surface area (Å²) in [7, 11) is 0. The fraction of sp³-hybridized carbons (Fsp3) is 0.250. The summed E-state index contributed by atoms with van der Waals surface area (Å²) in [5, 5.41) is 0. The second-order valence-corrected chi connectivity index (χ2v) is 2.75. The predicted molar refractivity (Wildman–Crippen MR) is 45.3 cm³/mol. The quantitative estimate of drug-likeness (QED) is 0.741. The van der Waals surface area contributed by atoms with Crippen molar-refractivity contribution in [1.82, 2.24) is 4.98 Å². The van der Waals surface area contributed by atoms with Gasteiger partial charge in [0.1, 0.15) is 5.56 Å². The number of carbonyl (C=O) groups is 1. The Labute approximate surface area is 77.7 Å². The van der Waals surface area contributed by atoms with Crippen LogP contribution < -0.4 is 11.2 Å². The monoisotopic (exact) mass is 202 g/mol. The first kappa shape index (κ1) is 10.4. The molecule has 0 aliphatic carbocycles. The van der Waals surface area contributed by atoms with Crippen molar-refractivity contribution in [2.75, 3.05) is 0 Å². The Balaban J connectivity index is 3.54. The lowest BCUT2D eigenvalue weighted by Gasteiger charge is -2.05. The van der Waals surface area contributed by atoms with E-state index in [9.17, 15) is 18.4 Å². The number of hydrogen-bond donors (Lipinski definition) is 2. The maximum absolute atomic E-state index is 12.3. The minimum atomic E-state index is -2.93. The molecule has 0 fully saturated rings. The van der Waals surface area contributed by atoms with Crippen LogP contribution in [0.4, 0.5) is 8.78 Å². The molecule has 0 aromatic carbocycles. The lowest BCUT2D eigenvalue weighted by atomic mass is 10.1. The van der Waals surface area contributed by atoms with E-state index >= 15 is 0 Å². The van der Waals surface area contributed by atoms with Crippen molar-refractivity contribution in [2.24, 2.45) is 5.73 Å². The highest BCUT2D eigenvalue weighted by atomic mass is 19.3. The molecule has 0 atom stereocenters. The Morgan fingerprint density at radius 2 is 2.14 bits per heavy atom. The van der Waals surface area contributed by atoms with Crippen molar-refractivity contribution < 1.29 is 13.6 Å². The number of alkyl halides is 2. The lowest BCUT2D eigenvalue weighted by molar-refractivity contribution is 0.0981. The molecule has 0 saturated heterocycles. The first-order valence-electron chi connectivity index (χ1n) is 3.75. The van der Waals surface area contributed by atoms with Gasteiger partial charge in [0.25, 0.3) is 12.3 Å². The molecule has 1 heterocycles. The van der Waals surface area contributed by atoms with Crippen LogP contribution in [0.15, 0.2) is 11.0 Å². The molecule has 0 aliphatic heterocycles. The van der Waals surface area contributed by atoms with Crippen molar-refractivity contribution in [3.63, 3.8) is 0 Å². The van der Waals surface area contributed by atoms with E-state index in [1.54, 1.807) is 0 Å². The largest absolute Gasteiger partial charge is 0.365 e. The van der Waals surface area contributed by atoms with Crippen LogP contribution in [0.5, 0.6) is 0 Å². The molecule has 3 N–H and O–H groups in total. The molecule has 14 heavy (non-hydrogen) atoms. The Morgan fingerprint density at radius 1 is 1.57 bits per heavy atom. The summed E-state index contributed by atoms with van der Waals surface area (Å²) in [6.45, 7) is 1.40. The number of aromatic amines is 1. The van der Waals surface area contributed by atoms with Gasteiger partial charge in [-0.3, -0.25) is 9.59 Å². The van der Waals surface area contributed by atoms with E-state index in [1.807, 2.05) is 0 Å². The second kappa shape index (κ2) is 3.57. The molecule has 0 aliphatic rings. The zero-order chi connectivity index (χ0) is 10.9. The Morgan fingerprint density at radius 3 is 2.57 bits per heavy atom. The Kier molecular flexibility index (Phi) is 2.64. The molecule has 1 amide bonds. The first-order chi connectivity index (χ1) is 6.45. The number of H-pyrrole nitrogens is 1. The van der Waals surface area contributed by atoms with Crippen LogP contribution in [0, 0.1) is 6.92 Å². The molecule has 0 unspecified atom stereocenters. The van der Waals surface area contributed by atoms with Gasteiger partial charge in [-0.05, 0) is 6.92 Å². The molecule has 1 rings (SSSR count). The van der Waals surface area contributed by atoms with Gasteiger partial charge in [0.15, 0.2) is 5.43 Å². The highest BCUT2D eigenvalue weighted by Gasteiger charge is 2.21. The third-order valence-corrected chi connectivity index (χ3v) is 1.76. The molecule has 0 bridgehead atoms. The van der Waals surface area contributed by atoms with E-state index in [0.717, 1.165) is 6.20 Å². The molecule has 1 aromatic rings. The second-order valence-electron chi connectivity index (χ2n) is 2.75. The smallest absolute Gasteiger partial charge is 0.279 e. The SMILES string of the molecule is Cc1c[nH]c(C(F)F)c(C(N)=O)c1=O. The van der Waals surface area contributed by atoms with Crippen LogP contribution in [0.25, 0.3) is 0 Å². The van der Waals surface area contributed by atoms with E-state index in [-0.39, 0.29) is 5.56 Å². The van der Waals surface area contributed by atoms with Gasteiger partial charge < -0.3 is 10.7 Å². The average molecular weight is 202 g/mol. The van der Waals surface area contributed by atoms with E-state index in [2.05, 4.69) is 4.98 Å². The van der Waals surface area contributed by atoms with E-state index in [1.165, 1.54) is 6.92 Å². The maximum Gasteiger partial charge on any atom is 0.279 e. The third kappa shape index (κ3) is 1.63. The van der Waals surface area contributed by atoms with Crippen LogP contribution in [0.1, 0.15) is 28.0 Å². The number of primary amides is 1. The van der Waals surface area contributed by atoms with E-state index in [4.69, 9.17) is 5.73 Å². The number of amides is 1. The molecular formula is C8H8F2N2O2. The Hall–Kier alpha value is -1.72. The van der Waals surface area contributed by atoms with Crippen molar-refractivity contribution in [3.8, 4) is 0 Å². The van der Waals surface area contributed by atoms with Crippen LogP contribution in [0.3, 0.4) is 0 Å². The van der Waals surface area contributed by atoms with Gasteiger partial charge in [0.05, 0.1) is 5.69 Å². The van der Waals surface area contributed by atoms with Crippen molar-refractivity contribution >= 4 is 5.91 Å². The standard InChI is InChI=1S/C8H8F2N2O2/c1-3-2-12-5(7(9)10)4(6(3)13)8(11)14/h2,7H,1H3,(H2,11,14)(H,12,13). The maximum atomic E-state index is 12.3. The highest BCUT2D eigenvalue weighted by Crippen LogP contribution is 2.18. The highest BCUT2D eigenvalue weighted by molar-refractivity contribution is 5.94. The van der Waals surface area contributed by atoms with Gasteiger partial charge in [-0.2, -0.15) is 0 Å². The first-order valence-corrected chi connectivity index (χ1v) is 3.75. The van der Waals surface area contributed by atoms with Crippen LogP contribution in [-0.4, -0.2) is 10.9 Å². The van der Waals surface area contributed by atoms with Crippen molar-refractivity contribution in [2.45, 2.75) is 13.3 Å². The summed E-state index contributed by atoms with van der Waals surface area (Å²) >= 11 is 0. The summed E-state index contributed by atoms with van der Waals surface area (Å²) in [6, 6.07) is 0. The number of nitrogens with two attached hydrogens (primary N) is 1. The minimum Gasteiger partial charge on any atom is -0.365 e. The summed E-state index contributed by atoms with van der Waals surface area (Å²) in [6.07, 6.45) is -1.80. The number of pyridine rings is 1. The van der Waals surface area contributed by atoms with Gasteiger partial charge in [0.2, 0.25) is 0 Å². The molecule has 6 heteroatoms. The van der Waals surface area contributed by atoms with Crippen LogP contribution >= 0.6 is 0 Å². The van der Waals surface area contributed by atoms with Gasteiger partial charge in [-0.25, -0.2) is 8.78 Å². The molecule has 0 radical (unpaired) electrons. The fourth-order valence-corrected chi connectivity index (χ4v) is 1.06. The van der Waals surface area contributed by atoms with Gasteiger partial charge >= 0.3 is 0 Å². The summed E-state index contributed by atoms with van der Waals surface area (Å²) in [5.41, 5.74) is 2.85. The fourth-order valence-electron chi connectivity index (χ4n) is 1.06. The molecule has 1 aromatic heterocycles. The zero-order valence-electron chi connectivity index (χ0n) is 7.30. The molecule has 4 nitrogen and oxygen atoms in total. The number of halogens is 2. The van der Waals surface area contributed by atoms with Gasteiger partial charge in [-0.15, -0.1) is 0 Å². The van der Waals surface area contributed by atoms with Crippen molar-refractivity contribution in [3.05, 3.63) is 33.2 Å². The summed E-state index contributed by atoms with van der Waals surface area (Å²) < 4.78 is 24.6. The van der Waals surface area contributed by atoms with Gasteiger partial charge in [-0.1, -0.05) is 0 Å². The van der Waals surface area contributed by atoms with E-state index < -0.39 is 29.0 Å². The van der Waals surface area contributed by atoms with Crippen LogP contribution in [-0.2, 0) is 0 Å². The predicted octanol–water partition coefficient (Wildman–Crippen LogP) is 0.720. The number of carbonyl (C=O) groups excluding carboxylic acids is 1. The zero-order valence-corrected chi connectivity index (χ0v) is 7.30. The lowest BCUT2D eigenvalue weighted by Crippen LogP contribution is -2.26. The third-order valence-electron chi connectivity index (χ3n) is 1.76. The molecule has 0 spiro atoms. The average Bonchev–Trinajstić information content (AvgIpc) is 2.08. The molecule has 0 saturated carbocycles. The van der Waals surface area contributed by atoms with Crippen LogP contribution in [0.2, 0.25) is 0 Å². The molecule has 76 valence electrons. The van der Waals surface area contributed by atoms with E-state index in [0.29, 0.717) is 0 Å². The van der Waals surface area contributed by atoms with Crippen molar-refractivity contribution in [1.29, 1.82) is 0 Å². The normalized spacial score (nSPS) is 10.6. The number of nitrogens with one attached hydrogen (secondary N) is 1. The van der Waals surface area contributed by atoms with Gasteiger partial charge in [0, 0.05) is 11.8 Å². The summed E-state index contributed by atoms with van der Waals surface area (Å²) in [4.78, 5) is 24.2. The number of aryl methyl sites for hydroxylation is 1. The summed E-state index contributed by atoms with van der Waals surface area (Å²) in [5.74, 6) is -1.15. The minimum absolute atomic E-state index is 0.170. The number of aromatic nitrogens is 1.